The van der Waals surface area contributed by atoms with Crippen molar-refractivity contribution in [3.8, 4) is 5.75 Å². The highest BCUT2D eigenvalue weighted by molar-refractivity contribution is 6.05. The Morgan fingerprint density at radius 3 is 2.07 bits per heavy atom. The Bertz CT molecular complexity index is 2060. The average molecular weight is 1020 g/mol. The van der Waals surface area contributed by atoms with Gasteiger partial charge in [-0.05, 0) is 87.8 Å². The van der Waals surface area contributed by atoms with Gasteiger partial charge >= 0.3 is 11.9 Å². The number of benzene rings is 1. The zero-order valence-electron chi connectivity index (χ0n) is 44.8. The second-order valence-electron chi connectivity index (χ2n) is 20.8. The molecule has 2 heterocycles. The lowest BCUT2D eigenvalue weighted by Crippen LogP contribution is -2.62. The predicted molar refractivity (Wildman–Crippen MR) is 265 cm³/mol. The van der Waals surface area contributed by atoms with Crippen molar-refractivity contribution >= 4 is 53.2 Å². The molecule has 0 bridgehead atoms. The van der Waals surface area contributed by atoms with Crippen molar-refractivity contribution in [2.24, 2.45) is 29.6 Å². The number of ether oxygens (including phenoxy) is 3. The van der Waals surface area contributed by atoms with Crippen LogP contribution in [-0.4, -0.2) is 166 Å². The Labute approximate surface area is 425 Å². The molecular formula is C52H82N6O14. The van der Waals surface area contributed by atoms with Gasteiger partial charge < -0.3 is 55.1 Å². The van der Waals surface area contributed by atoms with Gasteiger partial charge in [-0.15, -0.1) is 0 Å². The molecule has 12 atom stereocenters. The number of Topliss-reactive ketones (excluding diaryl/α,β-unsaturated/α-hetero) is 1. The van der Waals surface area contributed by atoms with Crippen molar-refractivity contribution in [3.05, 3.63) is 29.8 Å². The number of aliphatic hydroxyl groups excluding tert-OH is 2. The van der Waals surface area contributed by atoms with Crippen molar-refractivity contribution in [3.63, 3.8) is 0 Å². The summed E-state index contributed by atoms with van der Waals surface area (Å²) < 4.78 is 17.1. The predicted octanol–water partition coefficient (Wildman–Crippen LogP) is 2.33. The molecule has 2 fully saturated rings. The minimum atomic E-state index is -1.73. The van der Waals surface area contributed by atoms with E-state index in [-0.39, 0.29) is 44.1 Å². The van der Waals surface area contributed by atoms with Crippen molar-refractivity contribution in [1.82, 2.24) is 30.7 Å². The number of rotatable bonds is 14. The first kappa shape index (κ1) is 60.7. The lowest BCUT2D eigenvalue weighted by molar-refractivity contribution is -0.163. The van der Waals surface area contributed by atoms with E-state index in [9.17, 15) is 53.4 Å². The first-order valence-corrected chi connectivity index (χ1v) is 25.3. The number of ketones is 1. The van der Waals surface area contributed by atoms with Crippen LogP contribution in [0.5, 0.6) is 5.75 Å². The number of cyclic esters (lactones) is 2. The number of carbonyl (C=O) groups is 9. The topological polar surface area (TPSA) is 268 Å². The van der Waals surface area contributed by atoms with Gasteiger partial charge in [-0.1, -0.05) is 73.9 Å². The van der Waals surface area contributed by atoms with Gasteiger partial charge in [0.15, 0.2) is 11.9 Å². The van der Waals surface area contributed by atoms with Crippen LogP contribution in [0, 0.1) is 29.6 Å². The van der Waals surface area contributed by atoms with E-state index in [0.29, 0.717) is 24.2 Å². The summed E-state index contributed by atoms with van der Waals surface area (Å²) in [6.07, 6.45) is -5.64. The summed E-state index contributed by atoms with van der Waals surface area (Å²) >= 11 is 0. The SMILES string of the molecule is CC[C@H](C)[C@H]1NC(=O)[C@@H](NC(=O)[C@@H](CC(C)C)N(C)C(=O)[C@H](C)O)[C@H](C)OC(=O)[C@H](Cc2ccc(OC)cc2)N(C)C(=O)[C@@H]2CCCN2C(=O)[C@@H](CC(C)C)NC(=O)[C@@H](C)C(=O)[C@@H](C(C)C)OC(=O)C[C@H]1O. The fourth-order valence-corrected chi connectivity index (χ4v) is 9.05. The molecule has 0 spiro atoms. The number of carbonyl (C=O) groups excluding carboxylic acids is 9. The van der Waals surface area contributed by atoms with E-state index >= 15 is 0 Å². The van der Waals surface area contributed by atoms with E-state index in [1.54, 1.807) is 52.0 Å². The molecule has 404 valence electrons. The summed E-state index contributed by atoms with van der Waals surface area (Å²) in [7, 11) is 4.23. The zero-order valence-corrected chi connectivity index (χ0v) is 44.8. The first-order valence-electron chi connectivity index (χ1n) is 25.3. The van der Waals surface area contributed by atoms with Crippen LogP contribution in [0.3, 0.4) is 0 Å². The Morgan fingerprint density at radius 1 is 0.903 bits per heavy atom. The van der Waals surface area contributed by atoms with Crippen LogP contribution in [0.25, 0.3) is 0 Å². The minimum Gasteiger partial charge on any atom is -0.497 e. The molecule has 0 aliphatic carbocycles. The number of amides is 6. The third-order valence-corrected chi connectivity index (χ3v) is 13.7. The quantitative estimate of drug-likeness (QED) is 0.132. The summed E-state index contributed by atoms with van der Waals surface area (Å²) in [5, 5.41) is 30.1. The van der Waals surface area contributed by atoms with Crippen LogP contribution in [0.4, 0.5) is 0 Å². The van der Waals surface area contributed by atoms with Gasteiger partial charge in [0.25, 0.3) is 5.91 Å². The summed E-state index contributed by atoms with van der Waals surface area (Å²) in [5.41, 5.74) is 0.582. The van der Waals surface area contributed by atoms with Crippen molar-refractivity contribution in [1.29, 1.82) is 0 Å². The van der Waals surface area contributed by atoms with Crippen LogP contribution in [0.2, 0.25) is 0 Å². The molecule has 0 radical (unpaired) electrons. The van der Waals surface area contributed by atoms with Gasteiger partial charge in [0.1, 0.15) is 48.2 Å². The van der Waals surface area contributed by atoms with E-state index < -0.39 is 138 Å². The van der Waals surface area contributed by atoms with Gasteiger partial charge in [-0.25, -0.2) is 4.79 Å². The molecule has 6 amide bonds. The molecule has 3 rings (SSSR count). The van der Waals surface area contributed by atoms with Crippen LogP contribution >= 0.6 is 0 Å². The Kier molecular flexibility index (Phi) is 23.1. The Hall–Kier alpha value is -5.63. The molecule has 1 aromatic carbocycles. The minimum absolute atomic E-state index is 0.0955. The van der Waals surface area contributed by atoms with Crippen LogP contribution < -0.4 is 20.7 Å². The molecule has 0 unspecified atom stereocenters. The lowest BCUT2D eigenvalue weighted by Gasteiger charge is -2.36. The van der Waals surface area contributed by atoms with Gasteiger partial charge in [0.05, 0.1) is 31.6 Å². The summed E-state index contributed by atoms with van der Waals surface area (Å²) in [6.45, 7) is 18.1. The Morgan fingerprint density at radius 2 is 1.53 bits per heavy atom. The second kappa shape index (κ2) is 27.4. The highest BCUT2D eigenvalue weighted by Crippen LogP contribution is 2.26. The number of aliphatic hydroxyl groups is 2. The van der Waals surface area contributed by atoms with Crippen LogP contribution in [0.1, 0.15) is 120 Å². The number of nitrogens with zero attached hydrogens (tertiary/aromatic N) is 3. The molecule has 5 N–H and O–H groups in total. The molecule has 2 aliphatic heterocycles. The van der Waals surface area contributed by atoms with Crippen molar-refractivity contribution in [2.45, 2.75) is 182 Å². The third-order valence-electron chi connectivity index (χ3n) is 13.7. The smallest absolute Gasteiger partial charge is 0.329 e. The maximum Gasteiger partial charge on any atom is 0.329 e. The molecule has 2 saturated heterocycles. The maximum atomic E-state index is 14.8. The number of methoxy groups -OCH3 is 1. The molecular weight excluding hydrogens is 933 g/mol. The summed E-state index contributed by atoms with van der Waals surface area (Å²) in [4.78, 5) is 132. The molecule has 20 heteroatoms. The van der Waals surface area contributed by atoms with Gasteiger partial charge in [0, 0.05) is 27.1 Å². The Balaban J connectivity index is 2.29. The number of hydrogen-bond acceptors (Lipinski definition) is 14. The van der Waals surface area contributed by atoms with E-state index in [4.69, 9.17) is 14.2 Å². The number of fused-ring (bicyclic) bond motifs is 1. The molecule has 2 aliphatic rings. The van der Waals surface area contributed by atoms with Crippen molar-refractivity contribution < 1.29 is 67.6 Å². The highest BCUT2D eigenvalue weighted by atomic mass is 16.6. The van der Waals surface area contributed by atoms with Crippen LogP contribution in [0.15, 0.2) is 24.3 Å². The van der Waals surface area contributed by atoms with E-state index in [2.05, 4.69) is 16.0 Å². The molecule has 72 heavy (non-hydrogen) atoms. The first-order chi connectivity index (χ1) is 33.6. The zero-order chi connectivity index (χ0) is 54.5. The third kappa shape index (κ3) is 16.2. The van der Waals surface area contributed by atoms with Crippen LogP contribution in [-0.2, 0) is 59.0 Å². The number of hydrogen-bond donors (Lipinski definition) is 5. The standard InChI is InChI=1S/C52H82N6O14/c1-15-30(8)42-40(60)26-41(61)72-45(29(6)7)44(62)31(9)46(63)53-36(23-27(2)3)50(67)58-22-16-17-37(58)51(68)57(13)39(25-34-18-20-35(70-14)21-19-34)52(69)71-33(11)43(48(65)54-42)55-47(64)38(24-28(4)5)56(12)49(66)32(10)59/h18-21,27-33,36-40,42-43,45,59-60H,15-17,22-26H2,1-14H3,(H,53,63)(H,54,65)(H,55,64)/t30-,31-,32-,33-,36+,37-,38+,39-,40+,42+,43-,45+/m0/s1. The van der Waals surface area contributed by atoms with Gasteiger partial charge in [-0.2, -0.15) is 0 Å². The fourth-order valence-electron chi connectivity index (χ4n) is 9.05. The van der Waals surface area contributed by atoms with Gasteiger partial charge in [0.2, 0.25) is 29.5 Å². The maximum absolute atomic E-state index is 14.8. The molecule has 0 saturated carbocycles. The second-order valence-corrected chi connectivity index (χ2v) is 20.8. The molecule has 1 aromatic rings. The number of esters is 2. The van der Waals surface area contributed by atoms with E-state index in [1.165, 1.54) is 51.8 Å². The molecule has 20 nitrogen and oxygen atoms in total. The monoisotopic (exact) mass is 1010 g/mol. The number of likely N-dealkylation sites (N-methyl/N-ethyl adjacent to an activating group) is 2. The summed E-state index contributed by atoms with van der Waals surface area (Å²) in [6, 6.07) is -1.03. The summed E-state index contributed by atoms with van der Waals surface area (Å²) in [5.74, 6) is -9.61. The molecule has 0 aromatic heterocycles. The van der Waals surface area contributed by atoms with Crippen molar-refractivity contribution in [2.75, 3.05) is 27.7 Å². The largest absolute Gasteiger partial charge is 0.497 e. The van der Waals surface area contributed by atoms with E-state index in [1.807, 2.05) is 27.7 Å². The van der Waals surface area contributed by atoms with E-state index in [0.717, 1.165) is 4.90 Å². The van der Waals surface area contributed by atoms with Gasteiger partial charge in [-0.3, -0.25) is 38.4 Å². The lowest BCUT2D eigenvalue weighted by atomic mass is 9.91. The normalized spacial score (nSPS) is 27.1. The average Bonchev–Trinajstić information content (AvgIpc) is 3.82. The highest BCUT2D eigenvalue weighted by Gasteiger charge is 2.45. The number of nitrogens with one attached hydrogen (secondary N) is 3. The fraction of sp³-hybridized carbons (Fsp3) is 0.712.